The fraction of sp³-hybridized carbons (Fsp3) is 0.188. The number of benzene rings is 2. The van der Waals surface area contributed by atoms with Crippen molar-refractivity contribution < 1.29 is 8.78 Å². The first kappa shape index (κ1) is 13.5. The van der Waals surface area contributed by atoms with Crippen molar-refractivity contribution in [2.24, 2.45) is 0 Å². The molecule has 3 nitrogen and oxygen atoms in total. The van der Waals surface area contributed by atoms with Crippen molar-refractivity contribution in [1.29, 1.82) is 5.26 Å². The van der Waals surface area contributed by atoms with E-state index in [0.717, 1.165) is 23.4 Å². The van der Waals surface area contributed by atoms with Crippen molar-refractivity contribution in [3.63, 3.8) is 0 Å². The summed E-state index contributed by atoms with van der Waals surface area (Å²) in [6.45, 7) is 1.73. The molecule has 0 atom stereocenters. The molecule has 0 fully saturated rings. The Morgan fingerprint density at radius 2 is 1.86 bits per heavy atom. The zero-order valence-corrected chi connectivity index (χ0v) is 11.2. The van der Waals surface area contributed by atoms with E-state index in [4.69, 9.17) is 5.26 Å². The minimum atomic E-state index is -0.719. The van der Waals surface area contributed by atoms with Gasteiger partial charge in [-0.1, -0.05) is 18.2 Å². The Morgan fingerprint density at radius 1 is 1.14 bits per heavy atom. The summed E-state index contributed by atoms with van der Waals surface area (Å²) in [6, 6.07) is 11.4. The summed E-state index contributed by atoms with van der Waals surface area (Å²) in [5, 5.41) is 12.0. The van der Waals surface area contributed by atoms with Crippen LogP contribution in [0.2, 0.25) is 0 Å². The normalized spacial score (nSPS) is 14.2. The predicted molar refractivity (Wildman–Crippen MR) is 76.2 cm³/mol. The molecule has 1 aliphatic heterocycles. The van der Waals surface area contributed by atoms with Gasteiger partial charge >= 0.3 is 0 Å². The van der Waals surface area contributed by atoms with Crippen molar-refractivity contribution >= 4 is 11.4 Å². The van der Waals surface area contributed by atoms with E-state index in [1.165, 1.54) is 0 Å². The predicted octanol–water partition coefficient (Wildman–Crippen LogP) is 3.08. The van der Waals surface area contributed by atoms with E-state index in [1.807, 2.05) is 24.3 Å². The van der Waals surface area contributed by atoms with Gasteiger partial charge in [-0.15, -0.1) is 0 Å². The van der Waals surface area contributed by atoms with Gasteiger partial charge in [0.1, 0.15) is 5.69 Å². The first-order valence-corrected chi connectivity index (χ1v) is 6.66. The van der Waals surface area contributed by atoms with E-state index in [0.29, 0.717) is 19.6 Å². The molecule has 0 saturated heterocycles. The standard InChI is InChI=1S/C16H13F2N3/c17-13-7-11(9-19)8-14(18)16(13)21-6-5-20-10-12-3-1-2-4-15(12)21/h1-4,7-8,20H,5-6,10H2. The molecule has 1 N–H and O–H groups in total. The lowest BCUT2D eigenvalue weighted by atomic mass is 10.1. The van der Waals surface area contributed by atoms with Crippen molar-refractivity contribution in [2.75, 3.05) is 18.0 Å². The fourth-order valence-corrected chi connectivity index (χ4v) is 2.58. The van der Waals surface area contributed by atoms with Crippen LogP contribution in [0.4, 0.5) is 20.2 Å². The second kappa shape index (κ2) is 5.51. The Hall–Kier alpha value is -2.45. The summed E-state index contributed by atoms with van der Waals surface area (Å²) in [5.74, 6) is -1.44. The van der Waals surface area contributed by atoms with Crippen LogP contribution in [0.5, 0.6) is 0 Å². The zero-order valence-electron chi connectivity index (χ0n) is 11.2. The molecule has 0 radical (unpaired) electrons. The van der Waals surface area contributed by atoms with Gasteiger partial charge in [0, 0.05) is 25.3 Å². The first-order valence-electron chi connectivity index (χ1n) is 6.66. The van der Waals surface area contributed by atoms with Gasteiger partial charge in [0.25, 0.3) is 0 Å². The molecule has 0 saturated carbocycles. The minimum Gasteiger partial charge on any atom is -0.335 e. The number of nitrogens with zero attached hydrogens (tertiary/aromatic N) is 2. The number of rotatable bonds is 1. The van der Waals surface area contributed by atoms with Crippen molar-refractivity contribution in [2.45, 2.75) is 6.54 Å². The maximum Gasteiger partial charge on any atom is 0.151 e. The molecule has 1 aliphatic rings. The summed E-state index contributed by atoms with van der Waals surface area (Å²) < 4.78 is 28.5. The lowest BCUT2D eigenvalue weighted by molar-refractivity contribution is 0.578. The summed E-state index contributed by atoms with van der Waals surface area (Å²) in [6.07, 6.45) is 0. The third-order valence-electron chi connectivity index (χ3n) is 3.53. The number of nitriles is 1. The van der Waals surface area contributed by atoms with Crippen LogP contribution in [0.3, 0.4) is 0 Å². The average molecular weight is 285 g/mol. The molecule has 1 heterocycles. The van der Waals surface area contributed by atoms with Gasteiger partial charge in [-0.3, -0.25) is 0 Å². The molecular formula is C16H13F2N3. The summed E-state index contributed by atoms with van der Waals surface area (Å²) >= 11 is 0. The van der Waals surface area contributed by atoms with E-state index in [2.05, 4.69) is 5.32 Å². The highest BCUT2D eigenvalue weighted by Gasteiger charge is 2.22. The summed E-state index contributed by atoms with van der Waals surface area (Å²) in [7, 11) is 0. The van der Waals surface area contributed by atoms with Crippen molar-refractivity contribution in [3.05, 3.63) is 59.2 Å². The molecule has 0 aromatic heterocycles. The lowest BCUT2D eigenvalue weighted by Crippen LogP contribution is -2.26. The van der Waals surface area contributed by atoms with Crippen LogP contribution in [0, 0.1) is 23.0 Å². The quantitative estimate of drug-likeness (QED) is 0.875. The van der Waals surface area contributed by atoms with E-state index in [1.54, 1.807) is 11.0 Å². The molecule has 0 unspecified atom stereocenters. The maximum absolute atomic E-state index is 14.3. The second-order valence-corrected chi connectivity index (χ2v) is 4.86. The van der Waals surface area contributed by atoms with Crippen molar-refractivity contribution in [1.82, 2.24) is 5.32 Å². The molecule has 0 aliphatic carbocycles. The van der Waals surface area contributed by atoms with Gasteiger partial charge in [-0.25, -0.2) is 8.78 Å². The smallest absolute Gasteiger partial charge is 0.151 e. The Kier molecular flexibility index (Phi) is 3.55. The number of nitrogens with one attached hydrogen (secondary N) is 1. The number of hydrogen-bond acceptors (Lipinski definition) is 3. The summed E-state index contributed by atoms with van der Waals surface area (Å²) in [5.41, 5.74) is 1.64. The topological polar surface area (TPSA) is 39.1 Å². The number of hydrogen-bond donors (Lipinski definition) is 1. The monoisotopic (exact) mass is 285 g/mol. The molecule has 0 spiro atoms. The number of anilines is 2. The van der Waals surface area contributed by atoms with Gasteiger partial charge < -0.3 is 10.2 Å². The summed E-state index contributed by atoms with van der Waals surface area (Å²) in [4.78, 5) is 1.63. The van der Waals surface area contributed by atoms with Crippen LogP contribution >= 0.6 is 0 Å². The minimum absolute atomic E-state index is 0.0185. The Balaban J connectivity index is 2.15. The molecule has 106 valence electrons. The SMILES string of the molecule is N#Cc1cc(F)c(N2CCNCc3ccccc32)c(F)c1. The zero-order chi connectivity index (χ0) is 14.8. The largest absolute Gasteiger partial charge is 0.335 e. The Morgan fingerprint density at radius 3 is 2.57 bits per heavy atom. The van der Waals surface area contributed by atoms with Gasteiger partial charge in [0.05, 0.1) is 11.6 Å². The molecule has 0 bridgehead atoms. The molecule has 2 aromatic rings. The fourth-order valence-electron chi connectivity index (χ4n) is 2.58. The van der Waals surface area contributed by atoms with E-state index >= 15 is 0 Å². The van der Waals surface area contributed by atoms with Crippen LogP contribution in [-0.2, 0) is 6.54 Å². The number of halogens is 2. The van der Waals surface area contributed by atoms with Crippen LogP contribution < -0.4 is 10.2 Å². The van der Waals surface area contributed by atoms with Crippen LogP contribution in [0.1, 0.15) is 11.1 Å². The van der Waals surface area contributed by atoms with E-state index in [-0.39, 0.29) is 11.3 Å². The van der Waals surface area contributed by atoms with Crippen LogP contribution in [0.25, 0.3) is 0 Å². The molecule has 0 amide bonds. The van der Waals surface area contributed by atoms with Gasteiger partial charge in [0.2, 0.25) is 0 Å². The molecule has 21 heavy (non-hydrogen) atoms. The molecule has 2 aromatic carbocycles. The van der Waals surface area contributed by atoms with E-state index in [9.17, 15) is 8.78 Å². The van der Waals surface area contributed by atoms with Crippen LogP contribution in [0.15, 0.2) is 36.4 Å². The van der Waals surface area contributed by atoms with Crippen molar-refractivity contribution in [3.8, 4) is 6.07 Å². The second-order valence-electron chi connectivity index (χ2n) is 4.86. The molecule has 5 heteroatoms. The van der Waals surface area contributed by atoms with Crippen LogP contribution in [-0.4, -0.2) is 13.1 Å². The lowest BCUT2D eigenvalue weighted by Gasteiger charge is -2.25. The molecular weight excluding hydrogens is 272 g/mol. The van der Waals surface area contributed by atoms with Gasteiger partial charge in [-0.05, 0) is 23.8 Å². The van der Waals surface area contributed by atoms with E-state index < -0.39 is 11.6 Å². The number of fused-ring (bicyclic) bond motifs is 1. The third-order valence-corrected chi connectivity index (χ3v) is 3.53. The maximum atomic E-state index is 14.3. The number of para-hydroxylation sites is 1. The molecule has 3 rings (SSSR count). The highest BCUT2D eigenvalue weighted by Crippen LogP contribution is 2.34. The Labute approximate surface area is 121 Å². The first-order chi connectivity index (χ1) is 10.2. The van der Waals surface area contributed by atoms with Gasteiger partial charge in [0.15, 0.2) is 11.6 Å². The Bertz CT molecular complexity index is 699. The average Bonchev–Trinajstić information content (AvgIpc) is 2.69. The highest BCUT2D eigenvalue weighted by molar-refractivity contribution is 5.68. The third kappa shape index (κ3) is 2.46. The van der Waals surface area contributed by atoms with Gasteiger partial charge in [-0.2, -0.15) is 5.26 Å². The highest BCUT2D eigenvalue weighted by atomic mass is 19.1.